The van der Waals surface area contributed by atoms with Gasteiger partial charge in [0.05, 0.1) is 25.5 Å². The monoisotopic (exact) mass is 413 g/mol. The predicted molar refractivity (Wildman–Crippen MR) is 122 cm³/mol. The van der Waals surface area contributed by atoms with Crippen molar-refractivity contribution in [2.75, 3.05) is 51.8 Å². The molecule has 2 heterocycles. The van der Waals surface area contributed by atoms with Crippen LogP contribution in [0, 0.1) is 0 Å². The first-order valence-electron chi connectivity index (χ1n) is 10.9. The van der Waals surface area contributed by atoms with Crippen LogP contribution in [0.15, 0.2) is 52.1 Å². The van der Waals surface area contributed by atoms with Crippen LogP contribution >= 0.6 is 0 Å². The van der Waals surface area contributed by atoms with Crippen molar-refractivity contribution in [3.63, 3.8) is 0 Å². The van der Waals surface area contributed by atoms with Crippen LogP contribution in [0.5, 0.6) is 0 Å². The third-order valence-electron chi connectivity index (χ3n) is 5.27. The van der Waals surface area contributed by atoms with E-state index in [4.69, 9.17) is 14.1 Å². The van der Waals surface area contributed by atoms with Crippen LogP contribution < -0.4 is 16.0 Å². The van der Waals surface area contributed by atoms with E-state index in [1.165, 1.54) is 18.4 Å². The van der Waals surface area contributed by atoms with E-state index in [0.717, 1.165) is 50.1 Å². The molecule has 0 amide bonds. The summed E-state index contributed by atoms with van der Waals surface area (Å²) >= 11 is 0. The molecule has 1 aromatic heterocycles. The molecule has 1 unspecified atom stereocenters. The van der Waals surface area contributed by atoms with Crippen molar-refractivity contribution in [2.24, 2.45) is 4.99 Å². The maximum atomic E-state index is 5.72. The van der Waals surface area contributed by atoms with Crippen LogP contribution in [-0.4, -0.2) is 57.3 Å². The summed E-state index contributed by atoms with van der Waals surface area (Å²) in [6.07, 6.45) is 4.26. The van der Waals surface area contributed by atoms with Gasteiger partial charge in [-0.15, -0.1) is 0 Å². The third-order valence-corrected chi connectivity index (χ3v) is 5.27. The fraction of sp³-hybridized carbons (Fsp3) is 0.522. The molecule has 0 bridgehead atoms. The lowest BCUT2D eigenvalue weighted by Gasteiger charge is -2.26. The van der Waals surface area contributed by atoms with Gasteiger partial charge in [0, 0.05) is 32.4 Å². The molecule has 7 heteroatoms. The summed E-state index contributed by atoms with van der Waals surface area (Å²) < 4.78 is 10.8. The van der Waals surface area contributed by atoms with E-state index in [-0.39, 0.29) is 6.04 Å². The van der Waals surface area contributed by atoms with Gasteiger partial charge in [-0.1, -0.05) is 12.1 Å². The van der Waals surface area contributed by atoms with Gasteiger partial charge in [-0.25, -0.2) is 4.99 Å². The highest BCUT2D eigenvalue weighted by Gasteiger charge is 2.25. The van der Waals surface area contributed by atoms with Crippen molar-refractivity contribution in [3.8, 4) is 0 Å². The third kappa shape index (κ3) is 6.78. The molecule has 1 aliphatic heterocycles. The minimum Gasteiger partial charge on any atom is -0.468 e. The van der Waals surface area contributed by atoms with Crippen molar-refractivity contribution in [1.29, 1.82) is 0 Å². The molecule has 2 aromatic rings. The summed E-state index contributed by atoms with van der Waals surface area (Å²) in [6, 6.07) is 12.6. The Kier molecular flexibility index (Phi) is 9.05. The number of nitrogens with one attached hydrogen (secondary N) is 3. The highest BCUT2D eigenvalue weighted by Crippen LogP contribution is 2.24. The highest BCUT2D eigenvalue weighted by molar-refractivity contribution is 5.79. The van der Waals surface area contributed by atoms with Gasteiger partial charge in [0.1, 0.15) is 5.76 Å². The van der Waals surface area contributed by atoms with Gasteiger partial charge in [-0.3, -0.25) is 4.90 Å². The number of ether oxygens (including phenoxy) is 1. The number of nitrogens with zero attached hydrogens (tertiary/aromatic N) is 2. The molecule has 3 N–H and O–H groups in total. The molecule has 1 atom stereocenters. The van der Waals surface area contributed by atoms with E-state index in [2.05, 4.69) is 58.1 Å². The number of benzene rings is 1. The van der Waals surface area contributed by atoms with Crippen LogP contribution in [0.2, 0.25) is 0 Å². The first-order valence-corrected chi connectivity index (χ1v) is 10.9. The number of anilines is 1. The fourth-order valence-electron chi connectivity index (χ4n) is 3.67. The van der Waals surface area contributed by atoms with E-state index < -0.39 is 0 Å². The molecule has 1 aromatic carbocycles. The molecule has 0 radical (unpaired) electrons. The lowest BCUT2D eigenvalue weighted by Crippen LogP contribution is -2.42. The number of hydrogen-bond donors (Lipinski definition) is 3. The fourth-order valence-corrected chi connectivity index (χ4v) is 3.67. The topological polar surface area (TPSA) is 74.1 Å². The number of likely N-dealkylation sites (tertiary alicyclic amines) is 1. The van der Waals surface area contributed by atoms with E-state index in [9.17, 15) is 0 Å². The second-order valence-electron chi connectivity index (χ2n) is 7.47. The molecule has 1 fully saturated rings. The predicted octanol–water partition coefficient (Wildman–Crippen LogP) is 3.23. The number of furan rings is 1. The van der Waals surface area contributed by atoms with Crippen molar-refractivity contribution < 1.29 is 9.15 Å². The molecule has 0 saturated carbocycles. The first kappa shape index (κ1) is 22.2. The minimum atomic E-state index is 0.226. The van der Waals surface area contributed by atoms with E-state index >= 15 is 0 Å². The smallest absolute Gasteiger partial charge is 0.191 e. The highest BCUT2D eigenvalue weighted by atomic mass is 16.5. The van der Waals surface area contributed by atoms with Gasteiger partial charge in [0.25, 0.3) is 0 Å². The molecule has 3 rings (SSSR count). The quantitative estimate of drug-likeness (QED) is 0.298. The van der Waals surface area contributed by atoms with Gasteiger partial charge >= 0.3 is 0 Å². The molecule has 0 aliphatic carbocycles. The van der Waals surface area contributed by atoms with E-state index in [1.54, 1.807) is 13.4 Å². The van der Waals surface area contributed by atoms with E-state index in [1.807, 2.05) is 6.07 Å². The van der Waals surface area contributed by atoms with Gasteiger partial charge in [0.15, 0.2) is 5.96 Å². The summed E-state index contributed by atoms with van der Waals surface area (Å²) in [5.41, 5.74) is 2.27. The SMILES string of the molecule is CCNC(=NCc1ccc(NCCOC)cc1)NCC(c1ccco1)N1CCCC1. The molecule has 0 spiro atoms. The average Bonchev–Trinajstić information content (AvgIpc) is 3.48. The lowest BCUT2D eigenvalue weighted by molar-refractivity contribution is 0.211. The molecule has 164 valence electrons. The molecule has 1 aliphatic rings. The summed E-state index contributed by atoms with van der Waals surface area (Å²) in [7, 11) is 1.71. The number of rotatable bonds is 11. The number of guanidine groups is 1. The van der Waals surface area contributed by atoms with Gasteiger partial charge in [0.2, 0.25) is 0 Å². The molecular formula is C23H35N5O2. The lowest BCUT2D eigenvalue weighted by atomic mass is 10.2. The number of hydrogen-bond acceptors (Lipinski definition) is 5. The summed E-state index contributed by atoms with van der Waals surface area (Å²) in [5, 5.41) is 10.2. The minimum absolute atomic E-state index is 0.226. The first-order chi connectivity index (χ1) is 14.8. The molecule has 1 saturated heterocycles. The number of aliphatic imine (C=N–C) groups is 1. The maximum absolute atomic E-state index is 5.72. The zero-order chi connectivity index (χ0) is 21.0. The van der Waals surface area contributed by atoms with Crippen LogP contribution in [-0.2, 0) is 11.3 Å². The largest absolute Gasteiger partial charge is 0.468 e. The van der Waals surface area contributed by atoms with Crippen molar-refractivity contribution in [3.05, 3.63) is 54.0 Å². The Bertz CT molecular complexity index is 739. The normalized spacial score (nSPS) is 15.9. The van der Waals surface area contributed by atoms with Gasteiger partial charge in [-0.05, 0) is 62.7 Å². The van der Waals surface area contributed by atoms with Gasteiger partial charge < -0.3 is 25.1 Å². The Morgan fingerprint density at radius 1 is 1.17 bits per heavy atom. The number of methoxy groups -OCH3 is 1. The van der Waals surface area contributed by atoms with Crippen LogP contribution in [0.1, 0.15) is 37.1 Å². The van der Waals surface area contributed by atoms with Crippen molar-refractivity contribution in [2.45, 2.75) is 32.4 Å². The standard InChI is InChI=1S/C23H35N5O2/c1-3-24-23(26-17-19-8-10-20(11-9-19)25-12-16-29-2)27-18-21(22-7-6-15-30-22)28-13-4-5-14-28/h6-11,15,21,25H,3-5,12-14,16-18H2,1-2H3,(H2,24,26,27). The van der Waals surface area contributed by atoms with E-state index in [0.29, 0.717) is 13.2 Å². The second kappa shape index (κ2) is 12.2. The van der Waals surface area contributed by atoms with Crippen molar-refractivity contribution in [1.82, 2.24) is 15.5 Å². The summed E-state index contributed by atoms with van der Waals surface area (Å²) in [5.74, 6) is 1.84. The Balaban J connectivity index is 1.57. The van der Waals surface area contributed by atoms with Crippen LogP contribution in [0.4, 0.5) is 5.69 Å². The Morgan fingerprint density at radius 2 is 1.97 bits per heavy atom. The zero-order valence-corrected chi connectivity index (χ0v) is 18.2. The van der Waals surface area contributed by atoms with Crippen LogP contribution in [0.3, 0.4) is 0 Å². The average molecular weight is 414 g/mol. The molecule has 30 heavy (non-hydrogen) atoms. The Hall–Kier alpha value is -2.51. The summed E-state index contributed by atoms with van der Waals surface area (Å²) in [4.78, 5) is 7.26. The Morgan fingerprint density at radius 3 is 2.63 bits per heavy atom. The molecule has 7 nitrogen and oxygen atoms in total. The van der Waals surface area contributed by atoms with Crippen LogP contribution in [0.25, 0.3) is 0 Å². The summed E-state index contributed by atoms with van der Waals surface area (Å²) in [6.45, 7) is 8.03. The maximum Gasteiger partial charge on any atom is 0.191 e. The zero-order valence-electron chi connectivity index (χ0n) is 18.2. The van der Waals surface area contributed by atoms with Gasteiger partial charge in [-0.2, -0.15) is 0 Å². The second-order valence-corrected chi connectivity index (χ2v) is 7.47. The molecular weight excluding hydrogens is 378 g/mol. The van der Waals surface area contributed by atoms with Crippen molar-refractivity contribution >= 4 is 11.6 Å². The Labute approximate surface area is 179 Å².